The topological polar surface area (TPSA) is 46.2 Å². The quantitative estimate of drug-likeness (QED) is 0.421. The number of amides is 1. The zero-order valence-corrected chi connectivity index (χ0v) is 11.2. The van der Waals surface area contributed by atoms with Gasteiger partial charge < -0.3 is 10.1 Å². The molecule has 3 nitrogen and oxygen atoms in total. The Kier molecular flexibility index (Phi) is 12.5. The Hall–Kier alpha value is -0.860. The van der Waals surface area contributed by atoms with Gasteiger partial charge in [0, 0.05) is 6.42 Å². The highest BCUT2D eigenvalue weighted by Crippen LogP contribution is 2.10. The molecule has 0 aromatic heterocycles. The highest BCUT2D eigenvalue weighted by atomic mass is 16.2. The lowest BCUT2D eigenvalue weighted by molar-refractivity contribution is -0.122. The third kappa shape index (κ3) is 13.1. The van der Waals surface area contributed by atoms with Crippen LogP contribution in [0.5, 0.6) is 0 Å². The van der Waals surface area contributed by atoms with E-state index in [4.69, 9.17) is 0 Å². The predicted octanol–water partition coefficient (Wildman–Crippen LogP) is 3.22. The molecule has 1 amide bonds. The largest absolute Gasteiger partial charge is 0.349 e. The van der Waals surface area contributed by atoms with E-state index in [2.05, 4.69) is 12.2 Å². The summed E-state index contributed by atoms with van der Waals surface area (Å²) in [6.45, 7) is 2.38. The first-order valence-corrected chi connectivity index (χ1v) is 7.01. The number of unbranched alkanes of at least 4 members (excludes halogenated alkanes) is 8. The normalized spacial score (nSPS) is 10.2. The molecule has 0 bridgehead atoms. The molecule has 0 aliphatic carbocycles. The summed E-state index contributed by atoms with van der Waals surface area (Å²) < 4.78 is 0. The van der Waals surface area contributed by atoms with Crippen molar-refractivity contribution in [1.82, 2.24) is 5.32 Å². The Morgan fingerprint density at radius 2 is 1.47 bits per heavy atom. The SMILES string of the molecule is CCCCCCCCCCCC(=O)NCC=O. The van der Waals surface area contributed by atoms with Crippen molar-refractivity contribution in [2.45, 2.75) is 71.1 Å². The molecule has 0 unspecified atom stereocenters. The number of rotatable bonds is 12. The van der Waals surface area contributed by atoms with Gasteiger partial charge in [-0.3, -0.25) is 4.79 Å². The predicted molar refractivity (Wildman–Crippen MR) is 70.9 cm³/mol. The van der Waals surface area contributed by atoms with E-state index in [0.29, 0.717) is 12.7 Å². The van der Waals surface area contributed by atoms with E-state index in [-0.39, 0.29) is 12.5 Å². The Bertz CT molecular complexity index is 193. The van der Waals surface area contributed by atoms with Gasteiger partial charge in [-0.25, -0.2) is 0 Å². The molecule has 1 N–H and O–H groups in total. The lowest BCUT2D eigenvalue weighted by Crippen LogP contribution is -2.24. The van der Waals surface area contributed by atoms with Crippen LogP contribution in [0.2, 0.25) is 0 Å². The number of hydrogen-bond acceptors (Lipinski definition) is 2. The summed E-state index contributed by atoms with van der Waals surface area (Å²) >= 11 is 0. The van der Waals surface area contributed by atoms with Gasteiger partial charge in [0.25, 0.3) is 0 Å². The molecule has 0 radical (unpaired) electrons. The highest BCUT2D eigenvalue weighted by Gasteiger charge is 1.99. The van der Waals surface area contributed by atoms with Gasteiger partial charge in [0.2, 0.25) is 5.91 Å². The summed E-state index contributed by atoms with van der Waals surface area (Å²) in [6, 6.07) is 0. The van der Waals surface area contributed by atoms with Crippen LogP contribution >= 0.6 is 0 Å². The van der Waals surface area contributed by atoms with Crippen molar-refractivity contribution in [1.29, 1.82) is 0 Å². The van der Waals surface area contributed by atoms with Gasteiger partial charge in [-0.05, 0) is 6.42 Å². The number of nitrogens with one attached hydrogen (secondary N) is 1. The van der Waals surface area contributed by atoms with Crippen molar-refractivity contribution in [3.8, 4) is 0 Å². The van der Waals surface area contributed by atoms with E-state index in [1.165, 1.54) is 44.9 Å². The van der Waals surface area contributed by atoms with Crippen molar-refractivity contribution in [2.24, 2.45) is 0 Å². The lowest BCUT2D eigenvalue weighted by Gasteiger charge is -2.02. The third-order valence-corrected chi connectivity index (χ3v) is 2.89. The number of hydrogen-bond donors (Lipinski definition) is 1. The Morgan fingerprint density at radius 1 is 0.941 bits per heavy atom. The smallest absolute Gasteiger partial charge is 0.220 e. The molecular weight excluding hydrogens is 214 g/mol. The zero-order chi connectivity index (χ0) is 12.8. The first-order valence-electron chi connectivity index (χ1n) is 7.01. The molecule has 0 aromatic carbocycles. The molecule has 100 valence electrons. The molecule has 3 heteroatoms. The van der Waals surface area contributed by atoms with Crippen LogP contribution in [0.15, 0.2) is 0 Å². The second-order valence-electron chi connectivity index (χ2n) is 4.55. The maximum absolute atomic E-state index is 11.1. The molecule has 0 aliphatic heterocycles. The van der Waals surface area contributed by atoms with Crippen molar-refractivity contribution in [3.63, 3.8) is 0 Å². The summed E-state index contributed by atoms with van der Waals surface area (Å²) in [4.78, 5) is 21.2. The highest BCUT2D eigenvalue weighted by molar-refractivity contribution is 5.78. The van der Waals surface area contributed by atoms with Gasteiger partial charge in [0.05, 0.1) is 6.54 Å². The second kappa shape index (κ2) is 13.2. The van der Waals surface area contributed by atoms with Crippen LogP contribution in [0, 0.1) is 0 Å². The lowest BCUT2D eigenvalue weighted by atomic mass is 10.1. The van der Waals surface area contributed by atoms with Gasteiger partial charge in [0.15, 0.2) is 0 Å². The van der Waals surface area contributed by atoms with E-state index in [9.17, 15) is 9.59 Å². The number of carbonyl (C=O) groups excluding carboxylic acids is 2. The molecule has 0 saturated heterocycles. The van der Waals surface area contributed by atoms with Gasteiger partial charge in [0.1, 0.15) is 6.29 Å². The van der Waals surface area contributed by atoms with E-state index in [0.717, 1.165) is 12.8 Å². The van der Waals surface area contributed by atoms with E-state index in [1.807, 2.05) is 0 Å². The van der Waals surface area contributed by atoms with Crippen LogP contribution < -0.4 is 5.32 Å². The summed E-state index contributed by atoms with van der Waals surface area (Å²) in [5, 5.41) is 2.55. The number of aldehydes is 1. The Labute approximate surface area is 105 Å². The molecular formula is C14H27NO2. The molecule has 0 aromatic rings. The first kappa shape index (κ1) is 16.1. The molecule has 0 aliphatic rings. The molecule has 0 fully saturated rings. The Morgan fingerprint density at radius 3 is 2.00 bits per heavy atom. The van der Waals surface area contributed by atoms with Crippen LogP contribution in [-0.4, -0.2) is 18.7 Å². The van der Waals surface area contributed by atoms with Crippen LogP contribution in [-0.2, 0) is 9.59 Å². The van der Waals surface area contributed by atoms with Gasteiger partial charge in [-0.15, -0.1) is 0 Å². The molecule has 0 rings (SSSR count). The van der Waals surface area contributed by atoms with Crippen molar-refractivity contribution < 1.29 is 9.59 Å². The average Bonchev–Trinajstić information content (AvgIpc) is 2.34. The van der Waals surface area contributed by atoms with Crippen molar-refractivity contribution in [2.75, 3.05) is 6.54 Å². The maximum atomic E-state index is 11.1. The van der Waals surface area contributed by atoms with Crippen LogP contribution in [0.4, 0.5) is 0 Å². The monoisotopic (exact) mass is 241 g/mol. The summed E-state index contributed by atoms with van der Waals surface area (Å²) in [6.07, 6.45) is 12.6. The van der Waals surface area contributed by atoms with Crippen LogP contribution in [0.3, 0.4) is 0 Å². The van der Waals surface area contributed by atoms with E-state index < -0.39 is 0 Å². The first-order chi connectivity index (χ1) is 8.31. The molecule has 0 atom stereocenters. The minimum absolute atomic E-state index is 0.0000424. The van der Waals surface area contributed by atoms with E-state index in [1.54, 1.807) is 0 Å². The van der Waals surface area contributed by atoms with E-state index >= 15 is 0 Å². The minimum atomic E-state index is 0.0000424. The Balaban J connectivity index is 3.07. The van der Waals surface area contributed by atoms with Crippen LogP contribution in [0.1, 0.15) is 71.1 Å². The van der Waals surface area contributed by atoms with Gasteiger partial charge in [-0.2, -0.15) is 0 Å². The molecule has 0 saturated carbocycles. The zero-order valence-electron chi connectivity index (χ0n) is 11.2. The standard InChI is InChI=1S/C14H27NO2/c1-2-3-4-5-6-7-8-9-10-11-14(17)15-12-13-16/h13H,2-12H2,1H3,(H,15,17). The third-order valence-electron chi connectivity index (χ3n) is 2.89. The summed E-state index contributed by atoms with van der Waals surface area (Å²) in [5.41, 5.74) is 0. The fourth-order valence-electron chi connectivity index (χ4n) is 1.84. The summed E-state index contributed by atoms with van der Waals surface area (Å²) in [5.74, 6) is 0.0000424. The van der Waals surface area contributed by atoms with Crippen LogP contribution in [0.25, 0.3) is 0 Å². The average molecular weight is 241 g/mol. The molecule has 17 heavy (non-hydrogen) atoms. The minimum Gasteiger partial charge on any atom is -0.349 e. The molecule has 0 heterocycles. The van der Waals surface area contributed by atoms with Crippen molar-refractivity contribution >= 4 is 12.2 Å². The maximum Gasteiger partial charge on any atom is 0.220 e. The fourth-order valence-corrected chi connectivity index (χ4v) is 1.84. The summed E-state index contributed by atoms with van der Waals surface area (Å²) in [7, 11) is 0. The van der Waals surface area contributed by atoms with Gasteiger partial charge in [-0.1, -0.05) is 58.3 Å². The van der Waals surface area contributed by atoms with Crippen molar-refractivity contribution in [3.05, 3.63) is 0 Å². The second-order valence-corrected chi connectivity index (χ2v) is 4.55. The van der Waals surface area contributed by atoms with Gasteiger partial charge >= 0.3 is 0 Å². The number of carbonyl (C=O) groups is 2. The fraction of sp³-hybridized carbons (Fsp3) is 0.857. The molecule has 0 spiro atoms.